The molecule has 2 saturated heterocycles. The Kier molecular flexibility index (Phi) is 12.7. The van der Waals surface area contributed by atoms with Crippen LogP contribution in [0.2, 0.25) is 0 Å². The molecule has 2 aliphatic heterocycles. The summed E-state index contributed by atoms with van der Waals surface area (Å²) in [5.41, 5.74) is 28.3. The molecule has 19 nitrogen and oxygen atoms in total. The molecule has 2 saturated carbocycles. The number of carbonyl (C=O) groups excluding carboxylic acids is 1. The van der Waals surface area contributed by atoms with Crippen molar-refractivity contribution in [3.8, 4) is 0 Å². The van der Waals surface area contributed by atoms with Crippen molar-refractivity contribution in [2.45, 2.75) is 129 Å². The lowest BCUT2D eigenvalue weighted by Crippen LogP contribution is -2.73. The van der Waals surface area contributed by atoms with Crippen LogP contribution in [0, 0.1) is 5.92 Å². The number of hydrogen-bond donors (Lipinski definition) is 15. The van der Waals surface area contributed by atoms with Gasteiger partial charge >= 0.3 is 0 Å². The molecule has 0 bridgehead atoms. The van der Waals surface area contributed by atoms with Gasteiger partial charge < -0.3 is 94.4 Å². The van der Waals surface area contributed by atoms with Gasteiger partial charge in [-0.25, -0.2) is 0 Å². The minimum atomic E-state index is -1.75. The van der Waals surface area contributed by atoms with E-state index < -0.39 is 116 Å². The molecule has 16 atom stereocenters. The standard InChI is InChI=1S/C27H53N7O12/c28-2-1-10(36)6-33-7-13-19(38)21(40)17(32)24(44-13)15-11(30)3-12(34-26(42)27(43)4-9(29)5-27)23(20(15)39)46-25-22(41)16(31)18(37)14(8-35)45-25/h9-25,33,35-41,43H,1-8,28-32H2,(H,34,42)/t9?,10?,11-,12+,13+,14+,15?,16-,17+,18+,19+,20-,21+,22+,23-,24+,25+,27?/m0/s1. The average molecular weight is 668 g/mol. The van der Waals surface area contributed by atoms with Crippen LogP contribution in [0.25, 0.3) is 0 Å². The topological polar surface area (TPSA) is 361 Å². The molecule has 0 radical (unpaired) electrons. The predicted molar refractivity (Wildman–Crippen MR) is 158 cm³/mol. The molecule has 4 aliphatic rings. The first-order valence-corrected chi connectivity index (χ1v) is 15.8. The highest BCUT2D eigenvalue weighted by Crippen LogP contribution is 2.38. The average Bonchev–Trinajstić information content (AvgIpc) is 2.99. The molecule has 1 amide bonds. The van der Waals surface area contributed by atoms with Crippen LogP contribution in [-0.2, 0) is 19.0 Å². The molecule has 2 heterocycles. The number of nitrogens with one attached hydrogen (secondary N) is 2. The van der Waals surface area contributed by atoms with Crippen LogP contribution in [0.4, 0.5) is 0 Å². The normalized spacial score (nSPS) is 48.8. The Balaban J connectivity index is 1.57. The summed E-state index contributed by atoms with van der Waals surface area (Å²) in [5.74, 6) is -1.85. The second-order valence-corrected chi connectivity index (χ2v) is 13.2. The summed E-state index contributed by atoms with van der Waals surface area (Å²) in [5, 5.41) is 90.5. The van der Waals surface area contributed by atoms with Crippen molar-refractivity contribution in [3.63, 3.8) is 0 Å². The maximum atomic E-state index is 13.1. The maximum Gasteiger partial charge on any atom is 0.252 e. The molecule has 46 heavy (non-hydrogen) atoms. The van der Waals surface area contributed by atoms with Crippen LogP contribution in [0.3, 0.4) is 0 Å². The largest absolute Gasteiger partial charge is 0.394 e. The van der Waals surface area contributed by atoms with Crippen molar-refractivity contribution in [3.05, 3.63) is 0 Å². The van der Waals surface area contributed by atoms with E-state index in [1.54, 1.807) is 0 Å². The maximum absolute atomic E-state index is 13.1. The van der Waals surface area contributed by atoms with Gasteiger partial charge in [-0.2, -0.15) is 0 Å². The zero-order chi connectivity index (χ0) is 34.1. The van der Waals surface area contributed by atoms with E-state index in [2.05, 4.69) is 10.6 Å². The fourth-order valence-electron chi connectivity index (χ4n) is 6.95. The molecule has 268 valence electrons. The number of rotatable bonds is 12. The van der Waals surface area contributed by atoms with Crippen LogP contribution in [0.15, 0.2) is 0 Å². The van der Waals surface area contributed by atoms with Gasteiger partial charge in [0, 0.05) is 43.9 Å². The lowest BCUT2D eigenvalue weighted by atomic mass is 9.71. The van der Waals surface area contributed by atoms with E-state index in [0.29, 0.717) is 6.42 Å². The van der Waals surface area contributed by atoms with E-state index in [4.69, 9.17) is 42.9 Å². The fourth-order valence-corrected chi connectivity index (χ4v) is 6.95. The lowest BCUT2D eigenvalue weighted by molar-refractivity contribution is -0.307. The summed E-state index contributed by atoms with van der Waals surface area (Å²) < 4.78 is 17.7. The van der Waals surface area contributed by atoms with Crippen molar-refractivity contribution in [1.82, 2.24) is 10.6 Å². The van der Waals surface area contributed by atoms with E-state index >= 15 is 0 Å². The zero-order valence-electron chi connectivity index (χ0n) is 25.6. The third kappa shape index (κ3) is 7.81. The molecule has 4 rings (SSSR count). The van der Waals surface area contributed by atoms with Gasteiger partial charge in [0.1, 0.15) is 42.2 Å². The van der Waals surface area contributed by atoms with Gasteiger partial charge in [0.25, 0.3) is 5.91 Å². The molecule has 0 aromatic carbocycles. The van der Waals surface area contributed by atoms with E-state index in [9.17, 15) is 45.6 Å². The van der Waals surface area contributed by atoms with Crippen LogP contribution in [-0.4, -0.2) is 176 Å². The van der Waals surface area contributed by atoms with Gasteiger partial charge in [-0.3, -0.25) is 4.79 Å². The lowest BCUT2D eigenvalue weighted by Gasteiger charge is -2.52. The highest BCUT2D eigenvalue weighted by molar-refractivity contribution is 5.86. The van der Waals surface area contributed by atoms with Gasteiger partial charge in [0.2, 0.25) is 0 Å². The molecular weight excluding hydrogens is 614 g/mol. The summed E-state index contributed by atoms with van der Waals surface area (Å²) in [6.45, 7) is -0.275. The molecule has 2 aliphatic carbocycles. The fraction of sp³-hybridized carbons (Fsp3) is 0.963. The molecule has 20 N–H and O–H groups in total. The van der Waals surface area contributed by atoms with Crippen molar-refractivity contribution >= 4 is 5.91 Å². The molecule has 0 aromatic rings. The molecule has 19 heteroatoms. The minimum absolute atomic E-state index is 0.00728. The van der Waals surface area contributed by atoms with E-state index in [-0.39, 0.29) is 44.9 Å². The Morgan fingerprint density at radius 2 is 1.61 bits per heavy atom. The van der Waals surface area contributed by atoms with Crippen molar-refractivity contribution < 1.29 is 59.9 Å². The second-order valence-electron chi connectivity index (χ2n) is 13.2. The van der Waals surface area contributed by atoms with E-state index in [1.807, 2.05) is 0 Å². The summed E-state index contributed by atoms with van der Waals surface area (Å²) in [6, 6.07) is -4.93. The Morgan fingerprint density at radius 3 is 2.22 bits per heavy atom. The smallest absolute Gasteiger partial charge is 0.252 e. The number of ether oxygens (including phenoxy) is 3. The number of carbonyl (C=O) groups is 1. The van der Waals surface area contributed by atoms with Crippen molar-refractivity contribution in [2.24, 2.45) is 34.6 Å². The number of amides is 1. The van der Waals surface area contributed by atoms with Crippen LogP contribution >= 0.6 is 0 Å². The Bertz CT molecular complexity index is 999. The first-order valence-electron chi connectivity index (χ1n) is 15.8. The van der Waals surface area contributed by atoms with Gasteiger partial charge in [0.05, 0.1) is 49.1 Å². The quantitative estimate of drug-likeness (QED) is 0.0918. The zero-order valence-corrected chi connectivity index (χ0v) is 25.6. The summed E-state index contributed by atoms with van der Waals surface area (Å²) in [6.07, 6.45) is -14.5. The molecule has 4 fully saturated rings. The van der Waals surface area contributed by atoms with E-state index in [0.717, 1.165) is 0 Å². The van der Waals surface area contributed by atoms with Crippen LogP contribution in [0.1, 0.15) is 25.7 Å². The Morgan fingerprint density at radius 1 is 0.935 bits per heavy atom. The summed E-state index contributed by atoms with van der Waals surface area (Å²) >= 11 is 0. The highest BCUT2D eigenvalue weighted by atomic mass is 16.7. The van der Waals surface area contributed by atoms with Gasteiger partial charge in [-0.05, 0) is 19.4 Å². The Hall–Kier alpha value is -1.21. The highest BCUT2D eigenvalue weighted by Gasteiger charge is 2.56. The van der Waals surface area contributed by atoms with E-state index in [1.165, 1.54) is 0 Å². The molecule has 0 aromatic heterocycles. The third-order valence-corrected chi connectivity index (χ3v) is 9.76. The van der Waals surface area contributed by atoms with Gasteiger partial charge in [0.15, 0.2) is 6.29 Å². The summed E-state index contributed by atoms with van der Waals surface area (Å²) in [7, 11) is 0. The van der Waals surface area contributed by atoms with Crippen molar-refractivity contribution in [2.75, 3.05) is 26.2 Å². The molecule has 2 unspecified atom stereocenters. The second kappa shape index (κ2) is 15.6. The number of aliphatic hydroxyl groups is 8. The van der Waals surface area contributed by atoms with Gasteiger partial charge in [-0.15, -0.1) is 0 Å². The number of aliphatic hydroxyl groups excluding tert-OH is 7. The predicted octanol–water partition coefficient (Wildman–Crippen LogP) is -8.70. The van der Waals surface area contributed by atoms with Crippen molar-refractivity contribution in [1.29, 1.82) is 0 Å². The monoisotopic (exact) mass is 667 g/mol. The minimum Gasteiger partial charge on any atom is -0.394 e. The Labute approximate surface area is 266 Å². The SMILES string of the molecule is NCCC(O)CNC[C@H]1O[C@H](C2[C@@H](N)C[C@@H](NC(=O)C3(O)CC(N)C3)[C@H](O[C@H]3O[C@H](CO)[C@@H](O)[C@H](N)[C@H]3O)[C@H]2O)[C@H](N)[C@@H](O)[C@@H]1O. The van der Waals surface area contributed by atoms with Crippen LogP contribution in [0.5, 0.6) is 0 Å². The first-order chi connectivity index (χ1) is 21.6. The van der Waals surface area contributed by atoms with Crippen LogP contribution < -0.4 is 39.3 Å². The summed E-state index contributed by atoms with van der Waals surface area (Å²) in [4.78, 5) is 13.1. The molecular formula is C27H53N7O12. The molecule has 0 spiro atoms. The number of hydrogen-bond acceptors (Lipinski definition) is 18. The third-order valence-electron chi connectivity index (χ3n) is 9.76. The first kappa shape index (κ1) is 37.6. The van der Waals surface area contributed by atoms with Gasteiger partial charge in [-0.1, -0.05) is 0 Å². The number of nitrogens with two attached hydrogens (primary N) is 5.